The van der Waals surface area contributed by atoms with Crippen LogP contribution in [0, 0.1) is 0 Å². The molecule has 2 aromatic carbocycles. The second-order valence-corrected chi connectivity index (χ2v) is 6.76. The fraction of sp³-hybridized carbons (Fsp3) is 0.238. The van der Waals surface area contributed by atoms with Gasteiger partial charge in [-0.1, -0.05) is 41.9 Å². The molecular weight excluding hydrogens is 348 g/mol. The number of halogens is 1. The van der Waals surface area contributed by atoms with Crippen LogP contribution in [0.15, 0.2) is 60.7 Å². The number of carbonyl (C=O) groups is 2. The van der Waals surface area contributed by atoms with Crippen molar-refractivity contribution in [1.29, 1.82) is 0 Å². The van der Waals surface area contributed by atoms with Crippen molar-refractivity contribution in [3.63, 3.8) is 0 Å². The van der Waals surface area contributed by atoms with Crippen LogP contribution in [0.25, 0.3) is 6.08 Å². The molecule has 0 spiro atoms. The Labute approximate surface area is 158 Å². The van der Waals surface area contributed by atoms with Gasteiger partial charge in [0.2, 0.25) is 5.91 Å². The Bertz CT molecular complexity index is 797. The first-order chi connectivity index (χ1) is 12.6. The van der Waals surface area contributed by atoms with Crippen molar-refractivity contribution in [3.05, 3.63) is 76.8 Å². The van der Waals surface area contributed by atoms with E-state index in [9.17, 15) is 9.59 Å². The molecular formula is C21H21ClN2O2. The highest BCUT2D eigenvalue weighted by molar-refractivity contribution is 6.30. The zero-order valence-corrected chi connectivity index (χ0v) is 15.2. The van der Waals surface area contributed by atoms with E-state index in [0.29, 0.717) is 23.7 Å². The van der Waals surface area contributed by atoms with Crippen molar-refractivity contribution in [2.75, 3.05) is 13.1 Å². The van der Waals surface area contributed by atoms with Gasteiger partial charge in [-0.05, 0) is 48.7 Å². The third-order valence-corrected chi connectivity index (χ3v) is 4.68. The summed E-state index contributed by atoms with van der Waals surface area (Å²) in [5, 5.41) is 3.70. The summed E-state index contributed by atoms with van der Waals surface area (Å²) in [5.41, 5.74) is 1.56. The Hall–Kier alpha value is -2.59. The normalized spacial score (nSPS) is 15.2. The Balaban J connectivity index is 1.48. The lowest BCUT2D eigenvalue weighted by atomic mass is 10.0. The smallest absolute Gasteiger partial charge is 0.251 e. The summed E-state index contributed by atoms with van der Waals surface area (Å²) in [6.45, 7) is 1.27. The molecule has 2 aromatic rings. The largest absolute Gasteiger partial charge is 0.349 e. The number of benzene rings is 2. The van der Waals surface area contributed by atoms with Crippen LogP contribution in [0.2, 0.25) is 5.02 Å². The SMILES string of the molecule is O=C(NC1CCN(C(=O)/C=C/c2cccc(Cl)c2)CC1)c1ccccc1. The molecule has 4 nitrogen and oxygen atoms in total. The zero-order chi connectivity index (χ0) is 18.4. The van der Waals surface area contributed by atoms with Crippen LogP contribution >= 0.6 is 11.6 Å². The number of hydrogen-bond donors (Lipinski definition) is 1. The molecule has 0 bridgehead atoms. The molecule has 0 unspecified atom stereocenters. The van der Waals surface area contributed by atoms with E-state index in [0.717, 1.165) is 18.4 Å². The topological polar surface area (TPSA) is 49.4 Å². The molecule has 1 heterocycles. The van der Waals surface area contributed by atoms with Crippen LogP contribution in [0.4, 0.5) is 0 Å². The van der Waals surface area contributed by atoms with Gasteiger partial charge in [0.05, 0.1) is 0 Å². The van der Waals surface area contributed by atoms with Gasteiger partial charge >= 0.3 is 0 Å². The van der Waals surface area contributed by atoms with Gasteiger partial charge in [0.25, 0.3) is 5.91 Å². The second-order valence-electron chi connectivity index (χ2n) is 6.33. The number of hydrogen-bond acceptors (Lipinski definition) is 2. The molecule has 0 aliphatic carbocycles. The van der Waals surface area contributed by atoms with Crippen molar-refractivity contribution in [2.45, 2.75) is 18.9 Å². The molecule has 134 valence electrons. The molecule has 26 heavy (non-hydrogen) atoms. The maximum atomic E-state index is 12.3. The first-order valence-corrected chi connectivity index (χ1v) is 9.08. The van der Waals surface area contributed by atoms with Crippen molar-refractivity contribution in [3.8, 4) is 0 Å². The third-order valence-electron chi connectivity index (χ3n) is 4.44. The molecule has 1 N–H and O–H groups in total. The van der Waals surface area contributed by atoms with E-state index in [1.54, 1.807) is 30.4 Å². The first-order valence-electron chi connectivity index (χ1n) is 8.70. The van der Waals surface area contributed by atoms with Crippen molar-refractivity contribution in [2.24, 2.45) is 0 Å². The minimum absolute atomic E-state index is 0.0159. The zero-order valence-electron chi connectivity index (χ0n) is 14.4. The van der Waals surface area contributed by atoms with Crippen LogP contribution in [-0.4, -0.2) is 35.8 Å². The predicted octanol–water partition coefficient (Wildman–Crippen LogP) is 3.77. The first kappa shape index (κ1) is 18.2. The van der Waals surface area contributed by atoms with Gasteiger partial charge < -0.3 is 10.2 Å². The summed E-state index contributed by atoms with van der Waals surface area (Å²) in [6, 6.07) is 16.7. The Morgan fingerprint density at radius 2 is 1.77 bits per heavy atom. The summed E-state index contributed by atoms with van der Waals surface area (Å²) in [5.74, 6) is -0.0750. The average molecular weight is 369 g/mol. The van der Waals surface area contributed by atoms with Gasteiger partial charge in [-0.25, -0.2) is 0 Å². The highest BCUT2D eigenvalue weighted by Gasteiger charge is 2.23. The minimum atomic E-state index is -0.0590. The fourth-order valence-corrected chi connectivity index (χ4v) is 3.18. The van der Waals surface area contributed by atoms with Crippen LogP contribution in [0.3, 0.4) is 0 Å². The molecule has 3 rings (SSSR count). The molecule has 0 aromatic heterocycles. The number of nitrogens with one attached hydrogen (secondary N) is 1. The van der Waals surface area contributed by atoms with E-state index < -0.39 is 0 Å². The van der Waals surface area contributed by atoms with Crippen LogP contribution in [0.5, 0.6) is 0 Å². The molecule has 5 heteroatoms. The summed E-state index contributed by atoms with van der Waals surface area (Å²) in [4.78, 5) is 26.3. The second kappa shape index (κ2) is 8.68. The maximum absolute atomic E-state index is 12.3. The average Bonchev–Trinajstić information content (AvgIpc) is 2.67. The summed E-state index contributed by atoms with van der Waals surface area (Å²) < 4.78 is 0. The lowest BCUT2D eigenvalue weighted by Gasteiger charge is -2.31. The van der Waals surface area contributed by atoms with E-state index in [1.165, 1.54) is 0 Å². The Kier molecular flexibility index (Phi) is 6.08. The van der Waals surface area contributed by atoms with Crippen LogP contribution in [0.1, 0.15) is 28.8 Å². The molecule has 1 fully saturated rings. The van der Waals surface area contributed by atoms with Gasteiger partial charge in [-0.3, -0.25) is 9.59 Å². The molecule has 1 aliphatic heterocycles. The fourth-order valence-electron chi connectivity index (χ4n) is 2.99. The molecule has 0 saturated carbocycles. The summed E-state index contributed by atoms with van der Waals surface area (Å²) >= 11 is 5.95. The number of likely N-dealkylation sites (tertiary alicyclic amines) is 1. The highest BCUT2D eigenvalue weighted by atomic mass is 35.5. The number of piperidine rings is 1. The Morgan fingerprint density at radius 1 is 1.04 bits per heavy atom. The van der Waals surface area contributed by atoms with E-state index in [2.05, 4.69) is 5.32 Å². The van der Waals surface area contributed by atoms with Crippen molar-refractivity contribution >= 4 is 29.5 Å². The number of nitrogens with zero attached hydrogens (tertiary/aromatic N) is 1. The third kappa shape index (κ3) is 4.96. The van der Waals surface area contributed by atoms with Gasteiger partial charge in [0.1, 0.15) is 0 Å². The minimum Gasteiger partial charge on any atom is -0.349 e. The Morgan fingerprint density at radius 3 is 2.46 bits per heavy atom. The lowest BCUT2D eigenvalue weighted by Crippen LogP contribution is -2.46. The summed E-state index contributed by atoms with van der Waals surface area (Å²) in [7, 11) is 0. The van der Waals surface area contributed by atoms with E-state index in [4.69, 9.17) is 11.6 Å². The highest BCUT2D eigenvalue weighted by Crippen LogP contribution is 2.14. The van der Waals surface area contributed by atoms with Gasteiger partial charge in [-0.15, -0.1) is 0 Å². The van der Waals surface area contributed by atoms with Crippen molar-refractivity contribution < 1.29 is 9.59 Å². The maximum Gasteiger partial charge on any atom is 0.251 e. The quantitative estimate of drug-likeness (QED) is 0.835. The standard InChI is InChI=1S/C21H21ClN2O2/c22-18-8-4-5-16(15-18)9-10-20(25)24-13-11-19(12-14-24)23-21(26)17-6-2-1-3-7-17/h1-10,15,19H,11-14H2,(H,23,26)/b10-9+. The number of rotatable bonds is 4. The van der Waals surface area contributed by atoms with Crippen molar-refractivity contribution in [1.82, 2.24) is 10.2 Å². The molecule has 2 amide bonds. The molecule has 1 aliphatic rings. The number of carbonyl (C=O) groups excluding carboxylic acids is 2. The summed E-state index contributed by atoms with van der Waals surface area (Å²) in [6.07, 6.45) is 4.87. The monoisotopic (exact) mass is 368 g/mol. The van der Waals surface area contributed by atoms with Gasteiger partial charge in [0, 0.05) is 35.8 Å². The van der Waals surface area contributed by atoms with Crippen LogP contribution < -0.4 is 5.32 Å². The molecule has 1 saturated heterocycles. The van der Waals surface area contributed by atoms with Gasteiger partial charge in [0.15, 0.2) is 0 Å². The van der Waals surface area contributed by atoms with Crippen LogP contribution in [-0.2, 0) is 4.79 Å². The lowest BCUT2D eigenvalue weighted by molar-refractivity contribution is -0.126. The molecule has 0 atom stereocenters. The van der Waals surface area contributed by atoms with E-state index in [-0.39, 0.29) is 17.9 Å². The van der Waals surface area contributed by atoms with E-state index >= 15 is 0 Å². The van der Waals surface area contributed by atoms with E-state index in [1.807, 2.05) is 41.3 Å². The predicted molar refractivity (Wildman–Crippen MR) is 104 cm³/mol. The molecule has 0 radical (unpaired) electrons. The van der Waals surface area contributed by atoms with Gasteiger partial charge in [-0.2, -0.15) is 0 Å². The number of amides is 2.